The highest BCUT2D eigenvalue weighted by atomic mass is 35.5. The molecule has 0 bridgehead atoms. The Bertz CT molecular complexity index is 1400. The highest BCUT2D eigenvalue weighted by Crippen LogP contribution is 2.29. The first kappa shape index (κ1) is 22.2. The highest BCUT2D eigenvalue weighted by Gasteiger charge is 2.10. The first-order chi connectivity index (χ1) is 16.0. The van der Waals surface area contributed by atoms with Crippen molar-refractivity contribution < 1.29 is 9.47 Å². The van der Waals surface area contributed by atoms with E-state index in [-0.39, 0.29) is 5.56 Å². The number of nitrogens with zero attached hydrogens (tertiary/aromatic N) is 3. The quantitative estimate of drug-likeness (QED) is 0.404. The average Bonchev–Trinajstić information content (AvgIpc) is 3.22. The van der Waals surface area contributed by atoms with Gasteiger partial charge in [0, 0.05) is 47.7 Å². The number of pyridine rings is 1. The second-order valence-electron chi connectivity index (χ2n) is 7.39. The highest BCUT2D eigenvalue weighted by molar-refractivity contribution is 6.32. The van der Waals surface area contributed by atoms with Crippen LogP contribution in [-0.2, 0) is 13.1 Å². The number of methoxy groups -OCH3 is 1. The molecule has 4 rings (SSSR count). The summed E-state index contributed by atoms with van der Waals surface area (Å²) in [6, 6.07) is 12.5. The molecule has 0 amide bonds. The van der Waals surface area contributed by atoms with E-state index < -0.39 is 0 Å². The van der Waals surface area contributed by atoms with Crippen molar-refractivity contribution >= 4 is 28.2 Å². The number of benzene rings is 2. The number of rotatable bonds is 8. The molecule has 2 heterocycles. The Labute approximate surface area is 195 Å². The molecule has 0 aliphatic rings. The zero-order valence-corrected chi connectivity index (χ0v) is 18.9. The monoisotopic (exact) mass is 463 g/mol. The number of aromatic nitrogens is 3. The van der Waals surface area contributed by atoms with Gasteiger partial charge in [-0.2, -0.15) is 5.26 Å². The van der Waals surface area contributed by atoms with Gasteiger partial charge in [0.2, 0.25) is 0 Å². The third kappa shape index (κ3) is 4.94. The van der Waals surface area contributed by atoms with Crippen LogP contribution in [0.3, 0.4) is 0 Å². The number of H-pyrrole nitrogens is 1. The van der Waals surface area contributed by atoms with Crippen molar-refractivity contribution in [3.8, 4) is 17.6 Å². The number of fused-ring (bicyclic) bond motifs is 1. The Kier molecular flexibility index (Phi) is 6.52. The van der Waals surface area contributed by atoms with Crippen LogP contribution in [0.2, 0.25) is 5.02 Å². The molecule has 4 aromatic rings. The van der Waals surface area contributed by atoms with Gasteiger partial charge >= 0.3 is 0 Å². The molecule has 0 aliphatic heterocycles. The Morgan fingerprint density at radius 2 is 2.09 bits per heavy atom. The summed E-state index contributed by atoms with van der Waals surface area (Å²) in [4.78, 5) is 19.7. The summed E-state index contributed by atoms with van der Waals surface area (Å²) in [5.74, 6) is 1.89. The van der Waals surface area contributed by atoms with Gasteiger partial charge in [-0.15, -0.1) is 0 Å². The Hall–Kier alpha value is -3.96. The summed E-state index contributed by atoms with van der Waals surface area (Å²) in [7, 11) is 1.51. The topological polar surface area (TPSA) is 105 Å². The van der Waals surface area contributed by atoms with E-state index in [4.69, 9.17) is 26.3 Å². The normalized spacial score (nSPS) is 10.7. The molecule has 0 aliphatic carbocycles. The number of aromatic amines is 1. The van der Waals surface area contributed by atoms with E-state index in [1.54, 1.807) is 42.6 Å². The van der Waals surface area contributed by atoms with Gasteiger partial charge in [0.05, 0.1) is 29.8 Å². The number of imidazole rings is 1. The van der Waals surface area contributed by atoms with E-state index in [9.17, 15) is 4.79 Å². The summed E-state index contributed by atoms with van der Waals surface area (Å²) in [6.45, 7) is 3.28. The molecule has 2 N–H and O–H groups in total. The molecule has 8 nitrogen and oxygen atoms in total. The maximum absolute atomic E-state index is 12.6. The second-order valence-corrected chi connectivity index (χ2v) is 7.80. The van der Waals surface area contributed by atoms with Crippen molar-refractivity contribution in [1.29, 1.82) is 5.26 Å². The molecular weight excluding hydrogens is 442 g/mol. The van der Waals surface area contributed by atoms with E-state index in [0.29, 0.717) is 52.9 Å². The summed E-state index contributed by atoms with van der Waals surface area (Å²) in [5, 5.41) is 13.6. The average molecular weight is 464 g/mol. The zero-order valence-electron chi connectivity index (χ0n) is 18.2. The van der Waals surface area contributed by atoms with Gasteiger partial charge in [0.1, 0.15) is 30.0 Å². The molecule has 168 valence electrons. The van der Waals surface area contributed by atoms with Gasteiger partial charge in [-0.25, -0.2) is 4.98 Å². The summed E-state index contributed by atoms with van der Waals surface area (Å²) >= 11 is 6.43. The van der Waals surface area contributed by atoms with Gasteiger partial charge in [-0.3, -0.25) is 4.79 Å². The number of nitrogens with one attached hydrogen (secondary N) is 2. The summed E-state index contributed by atoms with van der Waals surface area (Å²) in [5.41, 5.74) is 2.16. The molecule has 9 heteroatoms. The molecule has 2 aromatic carbocycles. The minimum Gasteiger partial charge on any atom is -0.495 e. The molecule has 0 atom stereocenters. The fourth-order valence-corrected chi connectivity index (χ4v) is 3.71. The van der Waals surface area contributed by atoms with Crippen molar-refractivity contribution in [3.05, 3.63) is 81.1 Å². The number of anilines is 1. The lowest BCUT2D eigenvalue weighted by molar-refractivity contribution is 0.297. The number of aryl methyl sites for hydroxylation is 1. The lowest BCUT2D eigenvalue weighted by atomic mass is 10.1. The number of nitriles is 1. The summed E-state index contributed by atoms with van der Waals surface area (Å²) in [6.07, 6.45) is 3.63. The van der Waals surface area contributed by atoms with Crippen molar-refractivity contribution in [3.63, 3.8) is 0 Å². The first-order valence-corrected chi connectivity index (χ1v) is 10.6. The van der Waals surface area contributed by atoms with Crippen LogP contribution >= 0.6 is 11.6 Å². The fourth-order valence-electron chi connectivity index (χ4n) is 3.48. The summed E-state index contributed by atoms with van der Waals surface area (Å²) < 4.78 is 13.1. The van der Waals surface area contributed by atoms with Crippen LogP contribution in [0.1, 0.15) is 17.0 Å². The molecule has 0 saturated heterocycles. The lowest BCUT2D eigenvalue weighted by Gasteiger charge is -2.12. The maximum atomic E-state index is 12.6. The Morgan fingerprint density at radius 3 is 2.82 bits per heavy atom. The van der Waals surface area contributed by atoms with Crippen LogP contribution in [0.4, 0.5) is 5.69 Å². The smallest absolute Gasteiger partial charge is 0.253 e. The Morgan fingerprint density at radius 1 is 1.24 bits per heavy atom. The third-order valence-corrected chi connectivity index (χ3v) is 5.59. The van der Waals surface area contributed by atoms with E-state index >= 15 is 0 Å². The molecular formula is C24H22ClN5O3. The van der Waals surface area contributed by atoms with E-state index in [1.165, 1.54) is 7.11 Å². The van der Waals surface area contributed by atoms with E-state index in [0.717, 1.165) is 16.9 Å². The van der Waals surface area contributed by atoms with Gasteiger partial charge < -0.3 is 24.3 Å². The zero-order chi connectivity index (χ0) is 23.4. The molecule has 0 spiro atoms. The largest absolute Gasteiger partial charge is 0.495 e. The van der Waals surface area contributed by atoms with Crippen molar-refractivity contribution in [2.75, 3.05) is 19.0 Å². The maximum Gasteiger partial charge on any atom is 0.253 e. The van der Waals surface area contributed by atoms with Crippen LogP contribution in [0.5, 0.6) is 11.5 Å². The molecule has 33 heavy (non-hydrogen) atoms. The van der Waals surface area contributed by atoms with Crippen LogP contribution in [-0.4, -0.2) is 28.3 Å². The Balaban J connectivity index is 1.49. The molecule has 0 unspecified atom stereocenters. The predicted molar refractivity (Wildman–Crippen MR) is 127 cm³/mol. The number of ether oxygens (including phenoxy) is 2. The van der Waals surface area contributed by atoms with Gasteiger partial charge in [0.25, 0.3) is 5.56 Å². The van der Waals surface area contributed by atoms with Crippen LogP contribution < -0.4 is 20.3 Å². The van der Waals surface area contributed by atoms with Crippen LogP contribution in [0, 0.1) is 18.3 Å². The van der Waals surface area contributed by atoms with Crippen molar-refractivity contribution in [2.24, 2.45) is 0 Å². The number of halogens is 1. The minimum atomic E-state index is -0.210. The van der Waals surface area contributed by atoms with Gasteiger partial charge in [0.15, 0.2) is 0 Å². The molecule has 2 aromatic heterocycles. The van der Waals surface area contributed by atoms with Gasteiger partial charge in [-0.05, 0) is 31.2 Å². The lowest BCUT2D eigenvalue weighted by Crippen LogP contribution is -2.16. The number of hydrogen-bond donors (Lipinski definition) is 2. The fraction of sp³-hybridized carbons (Fsp3) is 0.208. The molecule has 0 fully saturated rings. The second kappa shape index (κ2) is 9.67. The number of hydrogen-bond acceptors (Lipinski definition) is 6. The van der Waals surface area contributed by atoms with Gasteiger partial charge in [-0.1, -0.05) is 11.6 Å². The van der Waals surface area contributed by atoms with E-state index in [2.05, 4.69) is 21.4 Å². The van der Waals surface area contributed by atoms with Crippen LogP contribution in [0.15, 0.2) is 53.6 Å². The van der Waals surface area contributed by atoms with Crippen LogP contribution in [0.25, 0.3) is 10.9 Å². The minimum absolute atomic E-state index is 0.210. The molecule has 0 saturated carbocycles. The third-order valence-electron chi connectivity index (χ3n) is 5.29. The van der Waals surface area contributed by atoms with E-state index in [1.807, 2.05) is 17.7 Å². The van der Waals surface area contributed by atoms with Crippen molar-refractivity contribution in [2.45, 2.75) is 20.0 Å². The standard InChI is InChI=1S/C24H22ClN5O3/c1-15-27-5-6-30(15)7-8-33-23-12-21-17(10-20(23)25)9-18(24(31)29-21)14-28-19-4-3-16(13-26)22(11-19)32-2/h3-6,9-12,28H,7-8,14H2,1-2H3,(H,29,31). The first-order valence-electron chi connectivity index (χ1n) is 10.3. The SMILES string of the molecule is COc1cc(NCc2cc3cc(Cl)c(OCCn4ccnc4C)cc3[nH]c2=O)ccc1C#N. The molecule has 0 radical (unpaired) electrons. The predicted octanol–water partition coefficient (Wildman–Crippen LogP) is 4.26. The van der Waals surface area contributed by atoms with Crippen molar-refractivity contribution in [1.82, 2.24) is 14.5 Å².